The van der Waals surface area contributed by atoms with Gasteiger partial charge in [0.05, 0.1) is 12.6 Å². The highest BCUT2D eigenvalue weighted by atomic mass is 35.5. The van der Waals surface area contributed by atoms with Gasteiger partial charge in [0.15, 0.2) is 17.0 Å². The minimum atomic E-state index is -2.64. The van der Waals surface area contributed by atoms with E-state index in [1.54, 1.807) is 16.8 Å². The molecule has 2 aliphatic heterocycles. The maximum atomic E-state index is 14.0. The smallest absolute Gasteiger partial charge is 0.248 e. The molecule has 4 heterocycles. The van der Waals surface area contributed by atoms with Crippen molar-refractivity contribution in [2.24, 2.45) is 5.92 Å². The van der Waals surface area contributed by atoms with Crippen LogP contribution in [0.25, 0.3) is 11.2 Å². The predicted octanol–water partition coefficient (Wildman–Crippen LogP) is 5.27. The second kappa shape index (κ2) is 10.5. The highest BCUT2D eigenvalue weighted by Gasteiger charge is 2.51. The fourth-order valence-corrected chi connectivity index (χ4v) is 6.67. The first-order valence-corrected chi connectivity index (χ1v) is 14.1. The van der Waals surface area contributed by atoms with Gasteiger partial charge in [0.2, 0.25) is 11.2 Å². The third-order valence-corrected chi connectivity index (χ3v) is 8.65. The maximum Gasteiger partial charge on any atom is 0.248 e. The molecular formula is C27H33ClF3N7O. The zero-order chi connectivity index (χ0) is 27.3. The average Bonchev–Trinajstić information content (AvgIpc) is 3.54. The van der Waals surface area contributed by atoms with Gasteiger partial charge in [0.1, 0.15) is 5.82 Å². The van der Waals surface area contributed by atoms with Crippen molar-refractivity contribution in [3.63, 3.8) is 0 Å². The maximum absolute atomic E-state index is 14.0. The van der Waals surface area contributed by atoms with Crippen molar-refractivity contribution in [3.8, 4) is 0 Å². The van der Waals surface area contributed by atoms with Crippen LogP contribution in [0.1, 0.15) is 57.6 Å². The van der Waals surface area contributed by atoms with E-state index in [-0.39, 0.29) is 54.1 Å². The lowest BCUT2D eigenvalue weighted by molar-refractivity contribution is -0.137. The summed E-state index contributed by atoms with van der Waals surface area (Å²) < 4.78 is 49.3. The summed E-state index contributed by atoms with van der Waals surface area (Å²) in [6, 6.07) is 6.12. The second-order valence-corrected chi connectivity index (χ2v) is 11.5. The molecule has 3 aromatic rings. The Labute approximate surface area is 230 Å². The largest absolute Gasteiger partial charge is 0.376 e. The molecule has 210 valence electrons. The molecule has 8 nitrogen and oxygen atoms in total. The molecule has 6 rings (SSSR count). The van der Waals surface area contributed by atoms with Crippen molar-refractivity contribution < 1.29 is 17.9 Å². The van der Waals surface area contributed by atoms with Crippen LogP contribution in [0.4, 0.5) is 19.0 Å². The molecule has 1 saturated carbocycles. The fraction of sp³-hybridized carbons (Fsp3) is 0.630. The molecule has 0 spiro atoms. The molecule has 12 heteroatoms. The van der Waals surface area contributed by atoms with Crippen LogP contribution in [0.2, 0.25) is 5.28 Å². The average molecular weight is 564 g/mol. The summed E-state index contributed by atoms with van der Waals surface area (Å²) in [7, 11) is 0. The molecule has 3 aliphatic rings. The Morgan fingerprint density at radius 2 is 1.92 bits per heavy atom. The minimum Gasteiger partial charge on any atom is -0.376 e. The minimum absolute atomic E-state index is 0.0196. The molecule has 1 aliphatic carbocycles. The Balaban J connectivity index is 1.30. The number of fused-ring (bicyclic) bond motifs is 1. The van der Waals surface area contributed by atoms with Gasteiger partial charge < -0.3 is 9.64 Å². The number of hydrogen-bond donors (Lipinski definition) is 0. The molecule has 0 radical (unpaired) electrons. The molecule has 0 amide bonds. The van der Waals surface area contributed by atoms with Gasteiger partial charge in [-0.05, 0) is 61.4 Å². The van der Waals surface area contributed by atoms with Gasteiger partial charge in [-0.3, -0.25) is 4.90 Å². The number of alkyl halides is 2. The van der Waals surface area contributed by atoms with E-state index in [4.69, 9.17) is 16.3 Å². The third-order valence-electron chi connectivity index (χ3n) is 8.48. The van der Waals surface area contributed by atoms with E-state index in [0.29, 0.717) is 36.6 Å². The molecular weight excluding hydrogens is 531 g/mol. The Hall–Kier alpha value is -2.50. The first-order chi connectivity index (χ1) is 18.7. The van der Waals surface area contributed by atoms with Crippen molar-refractivity contribution in [2.75, 3.05) is 24.6 Å². The summed E-state index contributed by atoms with van der Waals surface area (Å²) in [6.07, 6.45) is 2.55. The van der Waals surface area contributed by atoms with Gasteiger partial charge >= 0.3 is 0 Å². The van der Waals surface area contributed by atoms with Gasteiger partial charge in [0.25, 0.3) is 0 Å². The van der Waals surface area contributed by atoms with E-state index >= 15 is 0 Å². The zero-order valence-corrected chi connectivity index (χ0v) is 22.9. The lowest BCUT2D eigenvalue weighted by atomic mass is 9.73. The molecule has 0 N–H and O–H groups in total. The quantitative estimate of drug-likeness (QED) is 0.363. The van der Waals surface area contributed by atoms with Crippen LogP contribution in [0.5, 0.6) is 0 Å². The lowest BCUT2D eigenvalue weighted by Gasteiger charge is -2.53. The number of ether oxygens (including phenoxy) is 1. The Morgan fingerprint density at radius 3 is 2.59 bits per heavy atom. The van der Waals surface area contributed by atoms with Crippen LogP contribution in [0.3, 0.4) is 0 Å². The number of hydrogen-bond acceptors (Lipinski definition) is 7. The topological polar surface area (TPSA) is 72.2 Å². The van der Waals surface area contributed by atoms with Crippen molar-refractivity contribution in [2.45, 2.75) is 82.6 Å². The van der Waals surface area contributed by atoms with E-state index in [2.05, 4.69) is 43.9 Å². The number of halogens is 4. The molecule has 2 aromatic heterocycles. The Bertz CT molecular complexity index is 1310. The zero-order valence-electron chi connectivity index (χ0n) is 22.1. The standard InChI is InChI=1S/C27H33ClF3N7O/c1-3-20-14-36(24-22-25(33-26(28)32-24)38(35-34-22)15-21-5-4-10-39-21)16(2)13-37(20)23(18-11-27(30,31)12-18)17-6-8-19(29)9-7-17/h6-9,16,18,20-21,23H,3-5,10-15H2,1-2H3/t16-,20+,21-,23?/m0/s1. The van der Waals surface area contributed by atoms with Crippen molar-refractivity contribution in [1.82, 2.24) is 29.9 Å². The molecule has 1 unspecified atom stereocenters. The fourth-order valence-electron chi connectivity index (χ4n) is 6.51. The van der Waals surface area contributed by atoms with Crippen molar-refractivity contribution in [1.29, 1.82) is 0 Å². The van der Waals surface area contributed by atoms with Crippen LogP contribution < -0.4 is 4.90 Å². The summed E-state index contributed by atoms with van der Waals surface area (Å²) in [5, 5.41) is 8.91. The Kier molecular flexibility index (Phi) is 7.18. The summed E-state index contributed by atoms with van der Waals surface area (Å²) in [6.45, 7) is 6.72. The molecule has 0 bridgehead atoms. The highest BCUT2D eigenvalue weighted by molar-refractivity contribution is 6.28. The first-order valence-electron chi connectivity index (χ1n) is 13.8. The van der Waals surface area contributed by atoms with E-state index in [1.807, 2.05) is 0 Å². The molecule has 1 aromatic carbocycles. The number of piperazine rings is 1. The summed E-state index contributed by atoms with van der Waals surface area (Å²) in [5.74, 6) is -2.55. The normalized spacial score (nSPS) is 26.7. The first kappa shape index (κ1) is 26.7. The van der Waals surface area contributed by atoms with E-state index in [1.165, 1.54) is 12.1 Å². The Morgan fingerprint density at radius 1 is 1.15 bits per heavy atom. The lowest BCUT2D eigenvalue weighted by Crippen LogP contribution is -2.60. The summed E-state index contributed by atoms with van der Waals surface area (Å²) in [5.41, 5.74) is 2.03. The van der Waals surface area contributed by atoms with Gasteiger partial charge in [-0.1, -0.05) is 24.3 Å². The van der Waals surface area contributed by atoms with Gasteiger partial charge in [-0.2, -0.15) is 9.97 Å². The number of rotatable bonds is 7. The van der Waals surface area contributed by atoms with Crippen molar-refractivity contribution in [3.05, 3.63) is 40.9 Å². The molecule has 39 heavy (non-hydrogen) atoms. The van der Waals surface area contributed by atoms with Crippen LogP contribution in [0, 0.1) is 11.7 Å². The summed E-state index contributed by atoms with van der Waals surface area (Å²) in [4.78, 5) is 13.5. The van der Waals surface area contributed by atoms with Gasteiger partial charge in [-0.15, -0.1) is 5.10 Å². The van der Waals surface area contributed by atoms with E-state index in [9.17, 15) is 13.2 Å². The van der Waals surface area contributed by atoms with Gasteiger partial charge in [0, 0.05) is 50.7 Å². The van der Waals surface area contributed by atoms with Crippen LogP contribution in [-0.4, -0.2) is 73.7 Å². The van der Waals surface area contributed by atoms with E-state index < -0.39 is 5.92 Å². The van der Waals surface area contributed by atoms with Crippen LogP contribution in [-0.2, 0) is 11.3 Å². The van der Waals surface area contributed by atoms with Crippen LogP contribution >= 0.6 is 11.6 Å². The molecule has 3 fully saturated rings. The summed E-state index contributed by atoms with van der Waals surface area (Å²) >= 11 is 6.41. The predicted molar refractivity (Wildman–Crippen MR) is 142 cm³/mol. The third kappa shape index (κ3) is 5.20. The number of nitrogens with zero attached hydrogens (tertiary/aromatic N) is 7. The number of aromatic nitrogens is 5. The molecule has 2 saturated heterocycles. The highest BCUT2D eigenvalue weighted by Crippen LogP contribution is 2.51. The van der Waals surface area contributed by atoms with Crippen LogP contribution in [0.15, 0.2) is 24.3 Å². The monoisotopic (exact) mass is 563 g/mol. The van der Waals surface area contributed by atoms with Crippen molar-refractivity contribution >= 4 is 28.6 Å². The van der Waals surface area contributed by atoms with E-state index in [0.717, 1.165) is 31.4 Å². The van der Waals surface area contributed by atoms with Gasteiger partial charge in [-0.25, -0.2) is 17.9 Å². The second-order valence-electron chi connectivity index (χ2n) is 11.2. The number of anilines is 1. The SMILES string of the molecule is CC[C@@H]1CN(c2nc(Cl)nc3c2nnn3C[C@@H]2CCCO2)[C@@H](C)CN1C(c1ccc(F)cc1)C1CC(F)(F)C1. The number of benzene rings is 1. The molecule has 4 atom stereocenters.